The molecule has 8 heteroatoms. The normalized spacial score (nSPS) is 11.5. The van der Waals surface area contributed by atoms with Crippen LogP contribution in [0, 0.1) is 5.92 Å². The first-order valence-corrected chi connectivity index (χ1v) is 15.5. The first-order chi connectivity index (χ1) is 18.1. The van der Waals surface area contributed by atoms with E-state index in [9.17, 15) is 18.0 Å². The summed E-state index contributed by atoms with van der Waals surface area (Å²) in [4.78, 5) is 28.0. The zero-order valence-corrected chi connectivity index (χ0v) is 24.3. The van der Waals surface area contributed by atoms with Gasteiger partial charge in [0.25, 0.3) is 10.0 Å². The molecule has 0 saturated heterocycles. The third-order valence-electron chi connectivity index (χ3n) is 6.18. The smallest absolute Gasteiger partial charge is 0.274 e. The maximum atomic E-state index is 13.2. The largest absolute Gasteiger partial charge is 0.338 e. The van der Waals surface area contributed by atoms with Crippen molar-refractivity contribution in [2.45, 2.75) is 70.6 Å². The van der Waals surface area contributed by atoms with E-state index in [-0.39, 0.29) is 23.0 Å². The summed E-state index contributed by atoms with van der Waals surface area (Å²) in [6, 6.07) is 19.3. The van der Waals surface area contributed by atoms with Gasteiger partial charge in [-0.1, -0.05) is 81.8 Å². The van der Waals surface area contributed by atoms with Crippen LogP contribution < -0.4 is 4.72 Å². The molecule has 0 aliphatic rings. The second-order valence-electron chi connectivity index (χ2n) is 9.91. The molecule has 1 aromatic heterocycles. The van der Waals surface area contributed by atoms with Gasteiger partial charge in [-0.15, -0.1) is 11.3 Å². The van der Waals surface area contributed by atoms with Crippen LogP contribution in [0.4, 0.5) is 0 Å². The molecule has 0 spiro atoms. The number of hydrogen-bond acceptors (Lipinski definition) is 5. The van der Waals surface area contributed by atoms with Crippen molar-refractivity contribution in [2.75, 3.05) is 6.54 Å². The number of sulfonamides is 1. The van der Waals surface area contributed by atoms with Gasteiger partial charge >= 0.3 is 0 Å². The number of nitrogens with one attached hydrogen (secondary N) is 1. The predicted molar refractivity (Wildman–Crippen MR) is 154 cm³/mol. The predicted octanol–water partition coefficient (Wildman–Crippen LogP) is 6.20. The van der Waals surface area contributed by atoms with Crippen LogP contribution in [0.2, 0.25) is 0 Å². The number of carbonyl (C=O) groups excluding carboxylic acids is 2. The van der Waals surface area contributed by atoms with E-state index >= 15 is 0 Å². The lowest BCUT2D eigenvalue weighted by atomic mass is 10.0. The molecule has 0 unspecified atom stereocenters. The Balaban J connectivity index is 1.81. The van der Waals surface area contributed by atoms with E-state index in [0.717, 1.165) is 34.4 Å². The molecule has 1 N–H and O–H groups in total. The molecule has 0 aliphatic carbocycles. The summed E-state index contributed by atoms with van der Waals surface area (Å²) in [5, 5.41) is 0. The Bertz CT molecular complexity index is 1310. The summed E-state index contributed by atoms with van der Waals surface area (Å²) in [5.74, 6) is -0.0830. The topological polar surface area (TPSA) is 83.5 Å². The minimum absolute atomic E-state index is 0.0388. The molecular weight excluding hydrogens is 516 g/mol. The van der Waals surface area contributed by atoms with Gasteiger partial charge in [-0.25, -0.2) is 13.1 Å². The number of likely N-dealkylation sites (N-methyl/N-ethyl adjacent to an activating group) is 1. The van der Waals surface area contributed by atoms with Crippen LogP contribution >= 0.6 is 11.3 Å². The molecule has 38 heavy (non-hydrogen) atoms. The Hall–Kier alpha value is -2.97. The van der Waals surface area contributed by atoms with E-state index in [2.05, 4.69) is 18.6 Å². The highest BCUT2D eigenvalue weighted by Crippen LogP contribution is 2.36. The van der Waals surface area contributed by atoms with E-state index in [1.54, 1.807) is 0 Å². The molecule has 0 atom stereocenters. The van der Waals surface area contributed by atoms with Gasteiger partial charge < -0.3 is 4.90 Å². The van der Waals surface area contributed by atoms with Gasteiger partial charge in [0.05, 0.1) is 6.42 Å². The molecule has 2 aromatic carbocycles. The maximum Gasteiger partial charge on any atom is 0.274 e. The standard InChI is InChI=1S/C30H38N2O4S2/c1-5-7-13-28(33)31-38(35,36)30-27(20-26(37-30)18-22(3)4)25-16-14-23(15-17-25)19-29(34)32(6-2)21-24-11-9-8-10-12-24/h8-12,14-17,20,22H,5-7,13,18-19,21H2,1-4H3,(H,31,33). The summed E-state index contributed by atoms with van der Waals surface area (Å²) in [6.07, 6.45) is 2.64. The number of nitrogens with zero attached hydrogens (tertiary/aromatic N) is 1. The number of rotatable bonds is 13. The summed E-state index contributed by atoms with van der Waals surface area (Å²) in [5.41, 5.74) is 3.27. The minimum Gasteiger partial charge on any atom is -0.338 e. The Morgan fingerprint density at radius 2 is 1.66 bits per heavy atom. The molecule has 0 fully saturated rings. The zero-order chi connectivity index (χ0) is 27.7. The fourth-order valence-electron chi connectivity index (χ4n) is 4.18. The highest BCUT2D eigenvalue weighted by atomic mass is 32.2. The van der Waals surface area contributed by atoms with Crippen LogP contribution in [-0.2, 0) is 39.0 Å². The second-order valence-corrected chi connectivity index (χ2v) is 12.9. The average Bonchev–Trinajstić information content (AvgIpc) is 3.31. The lowest BCUT2D eigenvalue weighted by Gasteiger charge is -2.21. The van der Waals surface area contributed by atoms with Crippen molar-refractivity contribution in [3.8, 4) is 11.1 Å². The molecule has 2 amide bonds. The van der Waals surface area contributed by atoms with Crippen molar-refractivity contribution in [3.05, 3.63) is 76.7 Å². The van der Waals surface area contributed by atoms with Crippen LogP contribution in [0.1, 0.15) is 63.0 Å². The van der Waals surface area contributed by atoms with Gasteiger partial charge in [0.2, 0.25) is 11.8 Å². The lowest BCUT2D eigenvalue weighted by Crippen LogP contribution is -2.31. The van der Waals surface area contributed by atoms with E-state index in [4.69, 9.17) is 0 Å². The van der Waals surface area contributed by atoms with Crippen LogP contribution in [-0.4, -0.2) is 31.7 Å². The van der Waals surface area contributed by atoms with Gasteiger partial charge in [-0.3, -0.25) is 9.59 Å². The highest BCUT2D eigenvalue weighted by Gasteiger charge is 2.25. The molecule has 204 valence electrons. The van der Waals surface area contributed by atoms with E-state index < -0.39 is 15.9 Å². The van der Waals surface area contributed by atoms with Crippen molar-refractivity contribution < 1.29 is 18.0 Å². The van der Waals surface area contributed by atoms with Crippen LogP contribution in [0.15, 0.2) is 64.9 Å². The van der Waals surface area contributed by atoms with Crippen LogP contribution in [0.25, 0.3) is 11.1 Å². The summed E-state index contributed by atoms with van der Waals surface area (Å²) >= 11 is 1.21. The van der Waals surface area contributed by atoms with Crippen molar-refractivity contribution >= 4 is 33.2 Å². The highest BCUT2D eigenvalue weighted by molar-refractivity contribution is 7.92. The number of amides is 2. The van der Waals surface area contributed by atoms with E-state index in [0.29, 0.717) is 31.0 Å². The molecular formula is C30H38N2O4S2. The fraction of sp³-hybridized carbons (Fsp3) is 0.400. The zero-order valence-electron chi connectivity index (χ0n) is 22.7. The van der Waals surface area contributed by atoms with Crippen LogP contribution in [0.5, 0.6) is 0 Å². The molecule has 0 radical (unpaired) electrons. The molecule has 6 nitrogen and oxygen atoms in total. The van der Waals surface area contributed by atoms with Gasteiger partial charge in [0, 0.05) is 30.0 Å². The summed E-state index contributed by atoms with van der Waals surface area (Å²) in [7, 11) is -4.00. The monoisotopic (exact) mass is 554 g/mol. The Kier molecular flexibility index (Phi) is 10.7. The summed E-state index contributed by atoms with van der Waals surface area (Å²) in [6.45, 7) is 9.28. The van der Waals surface area contributed by atoms with Gasteiger partial charge in [-0.05, 0) is 48.4 Å². The number of thiophene rings is 1. The Morgan fingerprint density at radius 3 is 2.26 bits per heavy atom. The van der Waals surface area contributed by atoms with Gasteiger partial charge in [0.15, 0.2) is 0 Å². The Morgan fingerprint density at radius 1 is 0.974 bits per heavy atom. The van der Waals surface area contributed by atoms with Crippen molar-refractivity contribution in [1.29, 1.82) is 0 Å². The quantitative estimate of drug-likeness (QED) is 0.273. The molecule has 0 bridgehead atoms. The van der Waals surface area contributed by atoms with Gasteiger partial charge in [0.1, 0.15) is 4.21 Å². The second kappa shape index (κ2) is 13.7. The minimum atomic E-state index is -4.00. The van der Waals surface area contributed by atoms with Gasteiger partial charge in [-0.2, -0.15) is 0 Å². The number of unbranched alkanes of at least 4 members (excludes halogenated alkanes) is 1. The molecule has 0 saturated carbocycles. The number of benzene rings is 2. The first-order valence-electron chi connectivity index (χ1n) is 13.2. The summed E-state index contributed by atoms with van der Waals surface area (Å²) < 4.78 is 28.8. The van der Waals surface area contributed by atoms with Crippen molar-refractivity contribution in [1.82, 2.24) is 9.62 Å². The van der Waals surface area contributed by atoms with E-state index in [1.165, 1.54) is 11.3 Å². The average molecular weight is 555 g/mol. The molecule has 1 heterocycles. The maximum absolute atomic E-state index is 13.2. The number of hydrogen-bond donors (Lipinski definition) is 1. The third-order valence-corrected chi connectivity index (χ3v) is 9.24. The van der Waals surface area contributed by atoms with Crippen molar-refractivity contribution in [2.24, 2.45) is 5.92 Å². The molecule has 3 rings (SSSR count). The number of carbonyl (C=O) groups is 2. The van der Waals surface area contributed by atoms with Crippen molar-refractivity contribution in [3.63, 3.8) is 0 Å². The van der Waals surface area contributed by atoms with E-state index in [1.807, 2.05) is 79.4 Å². The molecule has 0 aliphatic heterocycles. The Labute approximate surface area is 231 Å². The SMILES string of the molecule is CCCCC(=O)NS(=O)(=O)c1sc(CC(C)C)cc1-c1ccc(CC(=O)N(CC)Cc2ccccc2)cc1. The van der Waals surface area contributed by atoms with Crippen LogP contribution in [0.3, 0.4) is 0 Å². The fourth-order valence-corrected chi connectivity index (χ4v) is 7.14. The molecule has 3 aromatic rings. The first kappa shape index (κ1) is 29.6. The lowest BCUT2D eigenvalue weighted by molar-refractivity contribution is -0.130. The third kappa shape index (κ3) is 8.27.